The summed E-state index contributed by atoms with van der Waals surface area (Å²) in [5.41, 5.74) is 1.68. The van der Waals surface area contributed by atoms with E-state index in [1.54, 1.807) is 5.57 Å². The van der Waals surface area contributed by atoms with E-state index in [1.807, 2.05) is 0 Å². The molecule has 124 valence electrons. The summed E-state index contributed by atoms with van der Waals surface area (Å²) in [7, 11) is 2.24. The average molecular weight is 303 g/mol. The highest BCUT2D eigenvalue weighted by Gasteiger charge is 2.35. The Morgan fingerprint density at radius 3 is 2.64 bits per heavy atom. The quantitative estimate of drug-likeness (QED) is 0.790. The highest BCUT2D eigenvalue weighted by molar-refractivity contribution is 5.24. The molecule has 3 nitrogen and oxygen atoms in total. The van der Waals surface area contributed by atoms with Gasteiger partial charge in [-0.2, -0.15) is 0 Å². The summed E-state index contributed by atoms with van der Waals surface area (Å²) < 4.78 is 0. The number of likely N-dealkylation sites (tertiary alicyclic amines) is 1. The molecule has 0 saturated carbocycles. The SMILES string of the molecule is CC(C)N1CCC[C@@H]1C1CC=CC=C1CN1CCN(C)CC1. The number of piperazine rings is 1. The maximum absolute atomic E-state index is 2.75. The lowest BCUT2D eigenvalue weighted by atomic mass is 9.83. The van der Waals surface area contributed by atoms with Gasteiger partial charge in [0.1, 0.15) is 0 Å². The maximum Gasteiger partial charge on any atom is 0.0200 e. The van der Waals surface area contributed by atoms with Gasteiger partial charge in [-0.25, -0.2) is 0 Å². The van der Waals surface area contributed by atoms with E-state index in [2.05, 4.69) is 53.8 Å². The van der Waals surface area contributed by atoms with Crippen LogP contribution in [-0.4, -0.2) is 73.1 Å². The van der Waals surface area contributed by atoms with Gasteiger partial charge in [-0.05, 0) is 46.7 Å². The molecule has 3 heteroatoms. The van der Waals surface area contributed by atoms with Crippen LogP contribution >= 0.6 is 0 Å². The van der Waals surface area contributed by atoms with E-state index in [9.17, 15) is 0 Å². The Bertz CT molecular complexity index is 418. The fourth-order valence-electron chi connectivity index (χ4n) is 4.42. The topological polar surface area (TPSA) is 9.72 Å². The van der Waals surface area contributed by atoms with Crippen LogP contribution in [0.15, 0.2) is 23.8 Å². The van der Waals surface area contributed by atoms with Crippen molar-refractivity contribution in [3.8, 4) is 0 Å². The number of rotatable bonds is 4. The van der Waals surface area contributed by atoms with Gasteiger partial charge in [-0.15, -0.1) is 0 Å². The zero-order valence-electron chi connectivity index (χ0n) is 14.7. The summed E-state index contributed by atoms with van der Waals surface area (Å²) in [6.45, 7) is 12.1. The number of likely N-dealkylation sites (N-methyl/N-ethyl adjacent to an activating group) is 1. The normalized spacial score (nSPS) is 31.9. The lowest BCUT2D eigenvalue weighted by Gasteiger charge is -2.39. The lowest BCUT2D eigenvalue weighted by molar-refractivity contribution is 0.142. The first-order valence-corrected chi connectivity index (χ1v) is 9.17. The van der Waals surface area contributed by atoms with Gasteiger partial charge in [0.25, 0.3) is 0 Å². The van der Waals surface area contributed by atoms with Crippen LogP contribution in [0.1, 0.15) is 33.1 Å². The molecule has 2 atom stereocenters. The van der Waals surface area contributed by atoms with Crippen molar-refractivity contribution >= 4 is 0 Å². The number of nitrogens with zero attached hydrogens (tertiary/aromatic N) is 3. The minimum absolute atomic E-state index is 0.684. The highest BCUT2D eigenvalue weighted by Crippen LogP contribution is 2.34. The Balaban J connectivity index is 1.66. The smallest absolute Gasteiger partial charge is 0.0200 e. The Morgan fingerprint density at radius 1 is 1.14 bits per heavy atom. The number of hydrogen-bond donors (Lipinski definition) is 0. The monoisotopic (exact) mass is 303 g/mol. The summed E-state index contributed by atoms with van der Waals surface area (Å²) >= 11 is 0. The zero-order valence-corrected chi connectivity index (χ0v) is 14.7. The van der Waals surface area contributed by atoms with E-state index in [-0.39, 0.29) is 0 Å². The van der Waals surface area contributed by atoms with Crippen LogP contribution in [0.25, 0.3) is 0 Å². The second-order valence-electron chi connectivity index (χ2n) is 7.63. The first kappa shape index (κ1) is 16.2. The second-order valence-corrected chi connectivity index (χ2v) is 7.63. The Hall–Kier alpha value is -0.640. The molecule has 1 unspecified atom stereocenters. The van der Waals surface area contributed by atoms with Crippen molar-refractivity contribution in [2.24, 2.45) is 5.92 Å². The van der Waals surface area contributed by atoms with Crippen molar-refractivity contribution in [3.05, 3.63) is 23.8 Å². The van der Waals surface area contributed by atoms with Crippen molar-refractivity contribution in [3.63, 3.8) is 0 Å². The molecule has 2 aliphatic heterocycles. The summed E-state index contributed by atoms with van der Waals surface area (Å²) in [6.07, 6.45) is 11.1. The van der Waals surface area contributed by atoms with Crippen LogP contribution in [0.3, 0.4) is 0 Å². The Kier molecular flexibility index (Phi) is 5.37. The largest absolute Gasteiger partial charge is 0.304 e. The minimum Gasteiger partial charge on any atom is -0.304 e. The standard InChI is InChI=1S/C19H33N3/c1-16(2)22-10-6-9-19(22)18-8-5-4-7-17(18)15-21-13-11-20(3)12-14-21/h4-5,7,16,18-19H,6,8-15H2,1-3H3/t18?,19-/m1/s1. The average Bonchev–Trinajstić information content (AvgIpc) is 3.00. The van der Waals surface area contributed by atoms with Gasteiger partial charge >= 0.3 is 0 Å². The first-order valence-electron chi connectivity index (χ1n) is 9.17. The summed E-state index contributed by atoms with van der Waals surface area (Å²) in [6, 6.07) is 1.45. The van der Waals surface area contributed by atoms with Crippen LogP contribution in [-0.2, 0) is 0 Å². The van der Waals surface area contributed by atoms with Gasteiger partial charge in [-0.3, -0.25) is 9.80 Å². The first-order chi connectivity index (χ1) is 10.6. The number of allylic oxidation sites excluding steroid dienone is 3. The van der Waals surface area contributed by atoms with E-state index in [1.165, 1.54) is 58.5 Å². The third kappa shape index (κ3) is 3.64. The van der Waals surface area contributed by atoms with E-state index < -0.39 is 0 Å². The van der Waals surface area contributed by atoms with Crippen molar-refractivity contribution in [2.45, 2.75) is 45.2 Å². The lowest BCUT2D eigenvalue weighted by Crippen LogP contribution is -2.47. The van der Waals surface area contributed by atoms with E-state index >= 15 is 0 Å². The van der Waals surface area contributed by atoms with E-state index in [0.717, 1.165) is 12.0 Å². The van der Waals surface area contributed by atoms with Gasteiger partial charge in [-0.1, -0.05) is 23.8 Å². The molecule has 2 saturated heterocycles. The van der Waals surface area contributed by atoms with Gasteiger partial charge in [0.05, 0.1) is 0 Å². The van der Waals surface area contributed by atoms with E-state index in [0.29, 0.717) is 6.04 Å². The second kappa shape index (κ2) is 7.29. The third-order valence-corrected chi connectivity index (χ3v) is 5.78. The third-order valence-electron chi connectivity index (χ3n) is 5.78. The van der Waals surface area contributed by atoms with Crippen LogP contribution in [0, 0.1) is 5.92 Å². The molecule has 0 aromatic rings. The van der Waals surface area contributed by atoms with Crippen molar-refractivity contribution in [2.75, 3.05) is 46.3 Å². The molecule has 2 heterocycles. The number of hydrogen-bond acceptors (Lipinski definition) is 3. The van der Waals surface area contributed by atoms with Crippen LogP contribution in [0.2, 0.25) is 0 Å². The summed E-state index contributed by atoms with van der Waals surface area (Å²) in [5.74, 6) is 0.745. The Morgan fingerprint density at radius 2 is 1.91 bits per heavy atom. The van der Waals surface area contributed by atoms with Crippen LogP contribution < -0.4 is 0 Å². The molecule has 0 aromatic carbocycles. The van der Waals surface area contributed by atoms with Gasteiger partial charge in [0.15, 0.2) is 0 Å². The molecule has 0 radical (unpaired) electrons. The molecular weight excluding hydrogens is 270 g/mol. The molecule has 2 fully saturated rings. The molecule has 0 spiro atoms. The molecule has 22 heavy (non-hydrogen) atoms. The van der Waals surface area contributed by atoms with Gasteiger partial charge in [0.2, 0.25) is 0 Å². The van der Waals surface area contributed by atoms with Gasteiger partial charge in [0, 0.05) is 50.7 Å². The highest BCUT2D eigenvalue weighted by atomic mass is 15.2. The molecule has 1 aliphatic carbocycles. The van der Waals surface area contributed by atoms with Crippen molar-refractivity contribution in [1.82, 2.24) is 14.7 Å². The van der Waals surface area contributed by atoms with Crippen LogP contribution in [0.5, 0.6) is 0 Å². The molecule has 3 aliphatic rings. The summed E-state index contributed by atoms with van der Waals surface area (Å²) in [5, 5.41) is 0. The molecule has 0 N–H and O–H groups in total. The maximum atomic E-state index is 2.75. The zero-order chi connectivity index (χ0) is 15.5. The fraction of sp³-hybridized carbons (Fsp3) is 0.789. The van der Waals surface area contributed by atoms with Crippen molar-refractivity contribution in [1.29, 1.82) is 0 Å². The molecule has 0 aromatic heterocycles. The molecular formula is C19H33N3. The predicted molar refractivity (Wildman–Crippen MR) is 94.1 cm³/mol. The minimum atomic E-state index is 0.684. The Labute approximate surface area is 136 Å². The molecule has 3 rings (SSSR count). The molecule has 0 bridgehead atoms. The summed E-state index contributed by atoms with van der Waals surface area (Å²) in [4.78, 5) is 7.86. The predicted octanol–water partition coefficient (Wildman–Crippen LogP) is 2.61. The molecule has 0 amide bonds. The fourth-order valence-corrected chi connectivity index (χ4v) is 4.42. The van der Waals surface area contributed by atoms with Gasteiger partial charge < -0.3 is 4.90 Å². The van der Waals surface area contributed by atoms with Crippen LogP contribution in [0.4, 0.5) is 0 Å². The van der Waals surface area contributed by atoms with E-state index in [4.69, 9.17) is 0 Å². The van der Waals surface area contributed by atoms with Crippen molar-refractivity contribution < 1.29 is 0 Å².